The Labute approximate surface area is 167 Å². The van der Waals surface area contributed by atoms with Crippen LogP contribution >= 0.6 is 0 Å². The second kappa shape index (κ2) is 7.91. The van der Waals surface area contributed by atoms with E-state index in [4.69, 9.17) is 9.15 Å². The van der Waals surface area contributed by atoms with Gasteiger partial charge in [0.15, 0.2) is 22.8 Å². The van der Waals surface area contributed by atoms with E-state index in [1.54, 1.807) is 24.3 Å². The number of hydrogen-bond acceptors (Lipinski definition) is 6. The first-order valence-corrected chi connectivity index (χ1v) is 9.68. The highest BCUT2D eigenvalue weighted by molar-refractivity contribution is 5.97. The molecule has 4 rings (SSSR count). The lowest BCUT2D eigenvalue weighted by Gasteiger charge is -2.20. The number of carbonyl (C=O) groups is 1. The van der Waals surface area contributed by atoms with Crippen LogP contribution in [-0.2, 0) is 9.53 Å². The Hall–Kier alpha value is -3.41. The number of furan rings is 1. The van der Waals surface area contributed by atoms with Crippen LogP contribution in [0, 0.1) is 0 Å². The number of benzene rings is 2. The quantitative estimate of drug-likeness (QED) is 0.323. The summed E-state index contributed by atoms with van der Waals surface area (Å²) in [5.74, 6) is -0.497. The molecule has 0 aliphatic heterocycles. The van der Waals surface area contributed by atoms with E-state index in [9.17, 15) is 20.1 Å². The minimum Gasteiger partial charge on any atom is -0.504 e. The molecule has 0 unspecified atom stereocenters. The average Bonchev–Trinajstić information content (AvgIpc) is 3.17. The minimum atomic E-state index is -0.384. The molecule has 6 heteroatoms. The summed E-state index contributed by atoms with van der Waals surface area (Å²) in [5.41, 5.74) is 1.51. The van der Waals surface area contributed by atoms with E-state index in [2.05, 4.69) is 0 Å². The molecule has 0 spiro atoms. The Balaban J connectivity index is 1.61. The molecule has 0 saturated heterocycles. The van der Waals surface area contributed by atoms with E-state index in [1.165, 1.54) is 30.7 Å². The van der Waals surface area contributed by atoms with Crippen LogP contribution in [0.5, 0.6) is 17.2 Å². The fraction of sp³-hybridized carbons (Fsp3) is 0.261. The van der Waals surface area contributed by atoms with E-state index in [0.29, 0.717) is 22.3 Å². The van der Waals surface area contributed by atoms with Crippen molar-refractivity contribution in [1.82, 2.24) is 0 Å². The van der Waals surface area contributed by atoms with Gasteiger partial charge in [-0.3, -0.25) is 0 Å². The predicted octanol–water partition coefficient (Wildman–Crippen LogP) is 5.11. The third kappa shape index (κ3) is 4.06. The standard InChI is InChI=1S/C23H22O6/c24-18-9-7-15(12-20(18)26)21-13-17-14(6-10-19(25)23(17)29-21)8-11-22(27)28-16-4-2-1-3-5-16/h6-13,16,24-26H,1-5H2/b11-8+. The lowest BCUT2D eigenvalue weighted by atomic mass is 9.98. The molecule has 0 amide bonds. The lowest BCUT2D eigenvalue weighted by molar-refractivity contribution is -0.144. The fourth-order valence-electron chi connectivity index (χ4n) is 3.64. The highest BCUT2D eigenvalue weighted by Crippen LogP contribution is 2.37. The molecule has 1 aliphatic rings. The van der Waals surface area contributed by atoms with Gasteiger partial charge >= 0.3 is 5.97 Å². The van der Waals surface area contributed by atoms with E-state index in [0.717, 1.165) is 25.7 Å². The predicted molar refractivity (Wildman–Crippen MR) is 109 cm³/mol. The summed E-state index contributed by atoms with van der Waals surface area (Å²) in [6.45, 7) is 0. The van der Waals surface area contributed by atoms with Crippen LogP contribution in [-0.4, -0.2) is 27.4 Å². The van der Waals surface area contributed by atoms with Gasteiger partial charge in [-0.1, -0.05) is 12.5 Å². The Morgan fingerprint density at radius 2 is 1.72 bits per heavy atom. The van der Waals surface area contributed by atoms with Gasteiger partial charge in [0.25, 0.3) is 0 Å². The third-order valence-corrected chi connectivity index (χ3v) is 5.19. The van der Waals surface area contributed by atoms with E-state index < -0.39 is 0 Å². The molecule has 1 aromatic heterocycles. The Kier molecular flexibility index (Phi) is 5.16. The summed E-state index contributed by atoms with van der Waals surface area (Å²) in [4.78, 5) is 12.2. The van der Waals surface area contributed by atoms with E-state index >= 15 is 0 Å². The third-order valence-electron chi connectivity index (χ3n) is 5.19. The SMILES string of the molecule is O=C(/C=C/c1ccc(O)c2oc(-c3ccc(O)c(O)c3)cc12)OC1CCCCC1. The number of fused-ring (bicyclic) bond motifs is 1. The first-order valence-electron chi connectivity index (χ1n) is 9.68. The van der Waals surface area contributed by atoms with Crippen LogP contribution in [0.4, 0.5) is 0 Å². The van der Waals surface area contributed by atoms with Gasteiger partial charge in [0.1, 0.15) is 11.9 Å². The van der Waals surface area contributed by atoms with Crippen LogP contribution < -0.4 is 0 Å². The number of aromatic hydroxyl groups is 3. The molecular formula is C23H22O6. The Bertz CT molecular complexity index is 1070. The number of ether oxygens (including phenoxy) is 1. The number of rotatable bonds is 4. The van der Waals surface area contributed by atoms with Crippen molar-refractivity contribution in [3.63, 3.8) is 0 Å². The molecule has 0 atom stereocenters. The zero-order valence-electron chi connectivity index (χ0n) is 15.8. The highest BCUT2D eigenvalue weighted by atomic mass is 16.5. The second-order valence-electron chi connectivity index (χ2n) is 7.26. The van der Waals surface area contributed by atoms with Crippen molar-refractivity contribution in [3.05, 3.63) is 48.0 Å². The zero-order chi connectivity index (χ0) is 20.4. The molecule has 6 nitrogen and oxygen atoms in total. The highest BCUT2D eigenvalue weighted by Gasteiger charge is 2.17. The van der Waals surface area contributed by atoms with Gasteiger partial charge < -0.3 is 24.5 Å². The smallest absolute Gasteiger partial charge is 0.331 e. The number of hydrogen-bond donors (Lipinski definition) is 3. The largest absolute Gasteiger partial charge is 0.504 e. The summed E-state index contributed by atoms with van der Waals surface area (Å²) in [6, 6.07) is 9.24. The maximum absolute atomic E-state index is 12.2. The van der Waals surface area contributed by atoms with E-state index in [1.807, 2.05) is 0 Å². The molecule has 1 aliphatic carbocycles. The van der Waals surface area contributed by atoms with Crippen LogP contribution in [0.2, 0.25) is 0 Å². The number of phenols is 3. The van der Waals surface area contributed by atoms with Gasteiger partial charge in [-0.25, -0.2) is 4.79 Å². The summed E-state index contributed by atoms with van der Waals surface area (Å²) < 4.78 is 11.3. The van der Waals surface area contributed by atoms with Crippen molar-refractivity contribution in [2.45, 2.75) is 38.2 Å². The molecule has 3 N–H and O–H groups in total. The van der Waals surface area contributed by atoms with Gasteiger partial charge in [0.05, 0.1) is 0 Å². The fourth-order valence-corrected chi connectivity index (χ4v) is 3.64. The molecule has 1 fully saturated rings. The summed E-state index contributed by atoms with van der Waals surface area (Å²) in [7, 11) is 0. The first-order chi connectivity index (χ1) is 14.0. The molecule has 1 saturated carbocycles. The summed E-state index contributed by atoms with van der Waals surface area (Å²) >= 11 is 0. The van der Waals surface area contributed by atoms with Crippen molar-refractivity contribution >= 4 is 23.0 Å². The summed E-state index contributed by atoms with van der Waals surface area (Å²) in [5, 5.41) is 30.0. The van der Waals surface area contributed by atoms with Crippen molar-refractivity contribution in [2.24, 2.45) is 0 Å². The maximum Gasteiger partial charge on any atom is 0.331 e. The van der Waals surface area contributed by atoms with Gasteiger partial charge in [-0.05, 0) is 67.7 Å². The number of phenolic OH excluding ortho intramolecular Hbond substituents is 3. The molecular weight excluding hydrogens is 372 g/mol. The normalized spacial score (nSPS) is 15.2. The number of esters is 1. The molecule has 150 valence electrons. The van der Waals surface area contributed by atoms with E-state index in [-0.39, 0.29) is 34.9 Å². The van der Waals surface area contributed by atoms with Gasteiger partial charge in [-0.2, -0.15) is 0 Å². The number of carbonyl (C=O) groups excluding carboxylic acids is 1. The van der Waals surface area contributed by atoms with Crippen LogP contribution in [0.15, 0.2) is 46.9 Å². The zero-order valence-corrected chi connectivity index (χ0v) is 15.8. The maximum atomic E-state index is 12.2. The van der Waals surface area contributed by atoms with Crippen LogP contribution in [0.1, 0.15) is 37.7 Å². The molecule has 29 heavy (non-hydrogen) atoms. The van der Waals surface area contributed by atoms with Gasteiger partial charge in [0, 0.05) is 17.0 Å². The molecule has 0 bridgehead atoms. The Morgan fingerprint density at radius 3 is 2.48 bits per heavy atom. The van der Waals surface area contributed by atoms with Crippen molar-refractivity contribution in [1.29, 1.82) is 0 Å². The van der Waals surface area contributed by atoms with Gasteiger partial charge in [0.2, 0.25) is 0 Å². The lowest BCUT2D eigenvalue weighted by Crippen LogP contribution is -2.19. The molecule has 0 radical (unpaired) electrons. The Morgan fingerprint density at radius 1 is 0.966 bits per heavy atom. The molecule has 3 aromatic rings. The van der Waals surface area contributed by atoms with Gasteiger partial charge in [-0.15, -0.1) is 0 Å². The van der Waals surface area contributed by atoms with Crippen molar-refractivity contribution in [2.75, 3.05) is 0 Å². The van der Waals surface area contributed by atoms with Crippen LogP contribution in [0.25, 0.3) is 28.4 Å². The topological polar surface area (TPSA) is 100 Å². The van der Waals surface area contributed by atoms with Crippen molar-refractivity contribution < 1.29 is 29.3 Å². The second-order valence-corrected chi connectivity index (χ2v) is 7.26. The molecule has 2 aromatic carbocycles. The first kappa shape index (κ1) is 18.9. The monoisotopic (exact) mass is 394 g/mol. The van der Waals surface area contributed by atoms with Crippen molar-refractivity contribution in [3.8, 4) is 28.6 Å². The average molecular weight is 394 g/mol. The molecule has 1 heterocycles. The van der Waals surface area contributed by atoms with Crippen LogP contribution in [0.3, 0.4) is 0 Å². The minimum absolute atomic E-state index is 0.0107. The summed E-state index contributed by atoms with van der Waals surface area (Å²) in [6.07, 6.45) is 8.21.